The summed E-state index contributed by atoms with van der Waals surface area (Å²) >= 11 is 0. The van der Waals surface area contributed by atoms with Gasteiger partial charge in [-0.15, -0.1) is 0 Å². The van der Waals surface area contributed by atoms with Crippen LogP contribution >= 0.6 is 0 Å². The summed E-state index contributed by atoms with van der Waals surface area (Å²) in [6, 6.07) is 5.74. The van der Waals surface area contributed by atoms with Crippen molar-refractivity contribution in [2.24, 2.45) is 17.6 Å². The molecule has 0 heterocycles. The average molecular weight is 277 g/mol. The molecule has 0 radical (unpaired) electrons. The summed E-state index contributed by atoms with van der Waals surface area (Å²) in [5, 5.41) is 14.0. The minimum absolute atomic E-state index is 0.292. The first-order valence-electron chi connectivity index (χ1n) is 6.17. The highest BCUT2D eigenvalue weighted by atomic mass is 16.4. The summed E-state index contributed by atoms with van der Waals surface area (Å²) in [5.74, 6) is -2.29. The quantitative estimate of drug-likeness (QED) is 0.661. The highest BCUT2D eigenvalue weighted by Gasteiger charge is 2.41. The van der Waals surface area contributed by atoms with Crippen molar-refractivity contribution >= 4 is 29.3 Å². The van der Waals surface area contributed by atoms with E-state index in [4.69, 9.17) is 10.8 Å². The molecule has 1 aliphatic carbocycles. The van der Waals surface area contributed by atoms with E-state index in [2.05, 4.69) is 10.6 Å². The molecule has 0 bridgehead atoms. The maximum atomic E-state index is 11.9. The number of carbonyl (C=O) groups is 3. The van der Waals surface area contributed by atoms with Crippen LogP contribution in [0, 0.1) is 11.8 Å². The topological polar surface area (TPSA) is 122 Å². The highest BCUT2D eigenvalue weighted by molar-refractivity contribution is 5.96. The number of benzene rings is 1. The van der Waals surface area contributed by atoms with Crippen molar-refractivity contribution in [1.82, 2.24) is 0 Å². The third kappa shape index (κ3) is 3.05. The van der Waals surface area contributed by atoms with Gasteiger partial charge in [-0.3, -0.25) is 9.59 Å². The molecule has 0 aromatic heterocycles. The number of carboxylic acid groups (broad SMARTS) is 1. The molecule has 2 unspecified atom stereocenters. The van der Waals surface area contributed by atoms with E-state index in [-0.39, 0.29) is 5.91 Å². The Kier molecular flexibility index (Phi) is 3.88. The zero-order valence-corrected chi connectivity index (χ0v) is 10.6. The molecule has 0 spiro atoms. The molecule has 106 valence electrons. The Morgan fingerprint density at radius 2 is 1.50 bits per heavy atom. The fourth-order valence-electron chi connectivity index (χ4n) is 2.12. The number of aliphatic carboxylic acids is 1. The second-order valence-electron chi connectivity index (χ2n) is 4.68. The number of hydrogen-bond donors (Lipinski definition) is 4. The lowest BCUT2D eigenvalue weighted by Gasteiger charge is -2.31. The first kappa shape index (κ1) is 13.9. The SMILES string of the molecule is NC(=O)Nc1ccc(NC(=O)C2CCC2C(=O)O)cc1. The third-order valence-electron chi connectivity index (χ3n) is 3.35. The number of nitrogens with one attached hydrogen (secondary N) is 2. The third-order valence-corrected chi connectivity index (χ3v) is 3.35. The van der Waals surface area contributed by atoms with Crippen molar-refractivity contribution in [2.75, 3.05) is 10.6 Å². The van der Waals surface area contributed by atoms with E-state index in [1.54, 1.807) is 24.3 Å². The lowest BCUT2D eigenvalue weighted by molar-refractivity contribution is -0.151. The molecule has 3 amide bonds. The van der Waals surface area contributed by atoms with Gasteiger partial charge in [0.1, 0.15) is 0 Å². The fourth-order valence-corrected chi connectivity index (χ4v) is 2.12. The molecular weight excluding hydrogens is 262 g/mol. The van der Waals surface area contributed by atoms with Gasteiger partial charge in [-0.25, -0.2) is 4.79 Å². The van der Waals surface area contributed by atoms with Crippen LogP contribution in [0.25, 0.3) is 0 Å². The molecule has 20 heavy (non-hydrogen) atoms. The maximum absolute atomic E-state index is 11.9. The number of anilines is 2. The average Bonchev–Trinajstić information content (AvgIpc) is 2.28. The van der Waals surface area contributed by atoms with Crippen molar-refractivity contribution < 1.29 is 19.5 Å². The number of primary amides is 1. The molecule has 7 nitrogen and oxygen atoms in total. The first-order valence-corrected chi connectivity index (χ1v) is 6.17. The van der Waals surface area contributed by atoms with Crippen LogP contribution in [0.3, 0.4) is 0 Å². The summed E-state index contributed by atoms with van der Waals surface area (Å²) in [7, 11) is 0. The molecule has 1 saturated carbocycles. The molecule has 2 atom stereocenters. The van der Waals surface area contributed by atoms with E-state index in [0.29, 0.717) is 24.2 Å². The van der Waals surface area contributed by atoms with Crippen LogP contribution < -0.4 is 16.4 Å². The van der Waals surface area contributed by atoms with E-state index in [9.17, 15) is 14.4 Å². The number of carbonyl (C=O) groups excluding carboxylic acids is 2. The van der Waals surface area contributed by atoms with E-state index >= 15 is 0 Å². The van der Waals surface area contributed by atoms with E-state index in [1.807, 2.05) is 0 Å². The molecular formula is C13H15N3O4. The summed E-state index contributed by atoms with van der Waals surface area (Å²) in [6.07, 6.45) is 1.12. The monoisotopic (exact) mass is 277 g/mol. The minimum atomic E-state index is -0.933. The van der Waals surface area contributed by atoms with Crippen LogP contribution in [0.4, 0.5) is 16.2 Å². The van der Waals surface area contributed by atoms with Gasteiger partial charge in [-0.05, 0) is 37.1 Å². The molecule has 1 aromatic rings. The number of amides is 3. The van der Waals surface area contributed by atoms with Gasteiger partial charge in [0.2, 0.25) is 5.91 Å². The van der Waals surface area contributed by atoms with E-state index in [0.717, 1.165) is 0 Å². The molecule has 0 saturated heterocycles. The van der Waals surface area contributed by atoms with Crippen LogP contribution in [-0.2, 0) is 9.59 Å². The van der Waals surface area contributed by atoms with Crippen molar-refractivity contribution in [3.63, 3.8) is 0 Å². The Morgan fingerprint density at radius 1 is 1.00 bits per heavy atom. The van der Waals surface area contributed by atoms with Crippen LogP contribution in [0.1, 0.15) is 12.8 Å². The lowest BCUT2D eigenvalue weighted by Crippen LogP contribution is -2.41. The van der Waals surface area contributed by atoms with Gasteiger partial charge in [0, 0.05) is 11.4 Å². The number of carboxylic acids is 1. The molecule has 1 fully saturated rings. The second kappa shape index (κ2) is 5.60. The number of rotatable bonds is 4. The summed E-state index contributed by atoms with van der Waals surface area (Å²) in [4.78, 5) is 33.4. The molecule has 1 aromatic carbocycles. The maximum Gasteiger partial charge on any atom is 0.316 e. The Morgan fingerprint density at radius 3 is 1.90 bits per heavy atom. The summed E-state index contributed by atoms with van der Waals surface area (Å²) < 4.78 is 0. The Hall–Kier alpha value is -2.57. The molecule has 5 N–H and O–H groups in total. The number of nitrogens with two attached hydrogens (primary N) is 1. The fraction of sp³-hybridized carbons (Fsp3) is 0.308. The second-order valence-corrected chi connectivity index (χ2v) is 4.68. The van der Waals surface area contributed by atoms with Crippen LogP contribution in [0.2, 0.25) is 0 Å². The van der Waals surface area contributed by atoms with Crippen LogP contribution in [0.5, 0.6) is 0 Å². The Balaban J connectivity index is 1.94. The number of urea groups is 1. The largest absolute Gasteiger partial charge is 0.481 e. The van der Waals surface area contributed by atoms with Gasteiger partial charge in [0.15, 0.2) is 0 Å². The van der Waals surface area contributed by atoms with E-state index in [1.165, 1.54) is 0 Å². The normalized spacial score (nSPS) is 20.6. The molecule has 2 rings (SSSR count). The standard InChI is InChI=1S/C13H15N3O4/c14-13(20)16-8-3-1-7(2-4-8)15-11(17)9-5-6-10(9)12(18)19/h1-4,9-10H,5-6H2,(H,15,17)(H,18,19)(H3,14,16,20). The smallest absolute Gasteiger partial charge is 0.316 e. The van der Waals surface area contributed by atoms with Crippen LogP contribution in [-0.4, -0.2) is 23.0 Å². The van der Waals surface area contributed by atoms with Gasteiger partial charge in [-0.1, -0.05) is 0 Å². The lowest BCUT2D eigenvalue weighted by atomic mass is 9.73. The van der Waals surface area contributed by atoms with Crippen molar-refractivity contribution in [1.29, 1.82) is 0 Å². The summed E-state index contributed by atoms with van der Waals surface area (Å²) in [6.45, 7) is 0. The predicted octanol–water partition coefficient (Wildman–Crippen LogP) is 1.23. The zero-order valence-electron chi connectivity index (χ0n) is 10.6. The van der Waals surface area contributed by atoms with Gasteiger partial charge in [0.05, 0.1) is 11.8 Å². The Bertz CT molecular complexity index is 541. The van der Waals surface area contributed by atoms with Crippen molar-refractivity contribution in [3.05, 3.63) is 24.3 Å². The van der Waals surface area contributed by atoms with Gasteiger partial charge in [-0.2, -0.15) is 0 Å². The van der Waals surface area contributed by atoms with E-state index < -0.39 is 23.8 Å². The zero-order chi connectivity index (χ0) is 14.7. The van der Waals surface area contributed by atoms with Crippen molar-refractivity contribution in [2.45, 2.75) is 12.8 Å². The van der Waals surface area contributed by atoms with Crippen molar-refractivity contribution in [3.8, 4) is 0 Å². The van der Waals surface area contributed by atoms with Gasteiger partial charge in [0.25, 0.3) is 0 Å². The highest BCUT2D eigenvalue weighted by Crippen LogP contribution is 2.35. The van der Waals surface area contributed by atoms with Gasteiger partial charge >= 0.3 is 12.0 Å². The molecule has 0 aliphatic heterocycles. The number of hydrogen-bond acceptors (Lipinski definition) is 3. The summed E-state index contributed by atoms with van der Waals surface area (Å²) in [5.41, 5.74) is 6.04. The minimum Gasteiger partial charge on any atom is -0.481 e. The molecule has 7 heteroatoms. The first-order chi connectivity index (χ1) is 9.47. The predicted molar refractivity (Wildman–Crippen MR) is 72.1 cm³/mol. The van der Waals surface area contributed by atoms with Gasteiger partial charge < -0.3 is 21.5 Å². The molecule has 1 aliphatic rings. The Labute approximate surface area is 115 Å². The van der Waals surface area contributed by atoms with Crippen LogP contribution in [0.15, 0.2) is 24.3 Å².